The first-order chi connectivity index (χ1) is 17.0. The van der Waals surface area contributed by atoms with Crippen molar-refractivity contribution in [1.82, 2.24) is 14.9 Å². The lowest BCUT2D eigenvalue weighted by Crippen LogP contribution is -2.36. The zero-order valence-corrected chi connectivity index (χ0v) is 20.6. The first kappa shape index (κ1) is 25.6. The lowest BCUT2D eigenvalue weighted by atomic mass is 9.93. The van der Waals surface area contributed by atoms with Crippen LogP contribution in [-0.2, 0) is 0 Å². The highest BCUT2D eigenvalue weighted by Gasteiger charge is 2.23. The molecular weight excluding hydrogens is 472 g/mol. The summed E-state index contributed by atoms with van der Waals surface area (Å²) in [5, 5.41) is 14.5. The summed E-state index contributed by atoms with van der Waals surface area (Å²) in [5.74, 6) is 1.36. The Labute approximate surface area is 215 Å². The van der Waals surface area contributed by atoms with E-state index in [1.54, 1.807) is 36.5 Å². The van der Waals surface area contributed by atoms with Crippen LogP contribution in [0.2, 0.25) is 0 Å². The van der Waals surface area contributed by atoms with Gasteiger partial charge in [0.1, 0.15) is 11.5 Å². The van der Waals surface area contributed by atoms with Crippen LogP contribution in [0, 0.1) is 0 Å². The van der Waals surface area contributed by atoms with Gasteiger partial charge in [-0.25, -0.2) is 4.98 Å². The number of aliphatic hydroxyl groups is 1. The van der Waals surface area contributed by atoms with E-state index in [1.807, 2.05) is 54.6 Å². The molecule has 5 rings (SSSR count). The molecule has 0 aliphatic heterocycles. The van der Waals surface area contributed by atoms with Crippen molar-refractivity contribution in [3.05, 3.63) is 66.4 Å². The molecule has 1 amide bonds. The maximum atomic E-state index is 12.1. The van der Waals surface area contributed by atoms with Crippen molar-refractivity contribution in [1.29, 1.82) is 0 Å². The number of nitrogens with one attached hydrogen (secondary N) is 1. The zero-order chi connectivity index (χ0) is 24.4. The van der Waals surface area contributed by atoms with Crippen LogP contribution >= 0.6 is 11.3 Å². The van der Waals surface area contributed by atoms with Crippen LogP contribution in [0.25, 0.3) is 21.5 Å². The van der Waals surface area contributed by atoms with Crippen LogP contribution < -0.4 is 10.1 Å². The van der Waals surface area contributed by atoms with Crippen LogP contribution in [0.5, 0.6) is 11.5 Å². The Bertz CT molecular complexity index is 1340. The number of benzene rings is 2. The van der Waals surface area contributed by atoms with E-state index >= 15 is 0 Å². The lowest BCUT2D eigenvalue weighted by molar-refractivity contribution is 0.0827. The molecule has 4 aromatic rings. The third kappa shape index (κ3) is 5.66. The Kier molecular flexibility index (Phi) is 7.86. The molecule has 1 saturated carbocycles. The van der Waals surface area contributed by atoms with Crippen molar-refractivity contribution in [3.8, 4) is 22.8 Å². The van der Waals surface area contributed by atoms with E-state index in [1.165, 1.54) is 0 Å². The zero-order valence-electron chi connectivity index (χ0n) is 19.8. The van der Waals surface area contributed by atoms with Crippen LogP contribution in [0.15, 0.2) is 60.8 Å². The number of pyridine rings is 1. The number of rotatable bonds is 6. The van der Waals surface area contributed by atoms with Crippen LogP contribution in [0.3, 0.4) is 0 Å². The molecule has 0 saturated heterocycles. The maximum Gasteiger partial charge on any atom is 0.253 e. The van der Waals surface area contributed by atoms with Crippen molar-refractivity contribution in [3.63, 3.8) is 0 Å². The van der Waals surface area contributed by atoms with E-state index in [2.05, 4.69) is 15.3 Å². The summed E-state index contributed by atoms with van der Waals surface area (Å²) < 4.78 is 7.16. The summed E-state index contributed by atoms with van der Waals surface area (Å²) in [6.07, 6.45) is 5.41. The van der Waals surface area contributed by atoms with Crippen LogP contribution in [0.1, 0.15) is 43.5 Å². The fraction of sp³-hybridized carbons (Fsp3) is 0.321. The van der Waals surface area contributed by atoms with Gasteiger partial charge in [0.15, 0.2) is 5.13 Å². The molecule has 2 heterocycles. The molecule has 0 bridgehead atoms. The summed E-state index contributed by atoms with van der Waals surface area (Å²) >= 11 is 1.57. The number of fused-ring (bicyclic) bond motifs is 1. The summed E-state index contributed by atoms with van der Waals surface area (Å²) in [4.78, 5) is 22.8. The Morgan fingerprint density at radius 2 is 1.81 bits per heavy atom. The Morgan fingerprint density at radius 1 is 1.06 bits per heavy atom. The van der Waals surface area contributed by atoms with E-state index < -0.39 is 0 Å². The quantitative estimate of drug-likeness (QED) is 0.325. The molecule has 0 spiro atoms. The molecule has 2 N–H and O–H groups in total. The lowest BCUT2D eigenvalue weighted by Gasteiger charge is -2.27. The van der Waals surface area contributed by atoms with Gasteiger partial charge in [0.25, 0.3) is 5.91 Å². The predicted octanol–water partition coefficient (Wildman–Crippen LogP) is 6.20. The first-order valence-corrected chi connectivity index (χ1v) is 12.6. The number of anilines is 1. The molecule has 7 nitrogen and oxygen atoms in total. The van der Waals surface area contributed by atoms with Gasteiger partial charge in [-0.2, -0.15) is 0 Å². The van der Waals surface area contributed by atoms with Gasteiger partial charge in [-0.1, -0.05) is 43.7 Å². The molecule has 188 valence electrons. The van der Waals surface area contributed by atoms with E-state index in [-0.39, 0.29) is 25.5 Å². The maximum absolute atomic E-state index is 12.1. The largest absolute Gasteiger partial charge is 0.457 e. The Morgan fingerprint density at radius 3 is 2.56 bits per heavy atom. The number of carbonyl (C=O) groups is 1. The number of thiazole rings is 1. The van der Waals surface area contributed by atoms with Crippen molar-refractivity contribution in [2.45, 2.75) is 45.3 Å². The van der Waals surface area contributed by atoms with Gasteiger partial charge in [-0.15, -0.1) is 0 Å². The second kappa shape index (κ2) is 11.1. The van der Waals surface area contributed by atoms with Crippen molar-refractivity contribution >= 4 is 32.6 Å². The number of aromatic nitrogens is 2. The van der Waals surface area contributed by atoms with Crippen molar-refractivity contribution < 1.29 is 14.6 Å². The summed E-state index contributed by atoms with van der Waals surface area (Å²) in [6.45, 7) is 0. The normalized spacial score (nSPS) is 17.3. The van der Waals surface area contributed by atoms with Crippen LogP contribution in [0.4, 0.5) is 5.13 Å². The van der Waals surface area contributed by atoms with Gasteiger partial charge in [-0.05, 0) is 43.2 Å². The number of nitrogens with zero attached hydrogens (tertiary/aromatic N) is 3. The van der Waals surface area contributed by atoms with Crippen molar-refractivity contribution in [2.24, 2.45) is 0 Å². The number of aliphatic hydroxyl groups excluding tert-OH is 1. The standard InChI is InChI=1S/C27H28N4O3S.CH4/c1-31(2)26(33)18-9-7-17(8-10-18)23-15-20(13-14-28-23)34-19-11-12-22-25(16-19)35-27(30-22)29-21-5-3-4-6-24(21)32;/h7-16,21,24,32H,3-6H2,1-2H3,(H,29,30);1H4/t21-,24-;/m1./s1. The van der Waals surface area contributed by atoms with Crippen LogP contribution in [-0.4, -0.2) is 52.1 Å². The monoisotopic (exact) mass is 504 g/mol. The third-order valence-electron chi connectivity index (χ3n) is 6.20. The Hall–Kier alpha value is -3.49. The second-order valence-corrected chi connectivity index (χ2v) is 10.0. The van der Waals surface area contributed by atoms with Gasteiger partial charge in [0.05, 0.1) is 28.1 Å². The smallest absolute Gasteiger partial charge is 0.253 e. The summed E-state index contributed by atoms with van der Waals surface area (Å²) in [5.41, 5.74) is 3.21. The van der Waals surface area contributed by atoms with E-state index in [0.29, 0.717) is 11.3 Å². The first-order valence-electron chi connectivity index (χ1n) is 11.8. The molecule has 0 radical (unpaired) electrons. The molecule has 1 fully saturated rings. The average Bonchev–Trinajstić information content (AvgIpc) is 3.27. The average molecular weight is 505 g/mol. The summed E-state index contributed by atoms with van der Waals surface area (Å²) in [6, 6.07) is 17.0. The number of amides is 1. The van der Waals surface area contributed by atoms with E-state index in [0.717, 1.165) is 58.0 Å². The fourth-order valence-electron chi connectivity index (χ4n) is 4.28. The highest BCUT2D eigenvalue weighted by Crippen LogP contribution is 2.33. The SMILES string of the molecule is C.CN(C)C(=O)c1ccc(-c2cc(Oc3ccc4nc(N[C@@H]5CCCC[C@H]5O)sc4c3)ccn2)cc1. The highest BCUT2D eigenvalue weighted by molar-refractivity contribution is 7.22. The van der Waals surface area contributed by atoms with E-state index in [9.17, 15) is 9.90 Å². The number of hydrogen-bond acceptors (Lipinski definition) is 7. The number of ether oxygens (including phenoxy) is 1. The molecule has 36 heavy (non-hydrogen) atoms. The number of hydrogen-bond donors (Lipinski definition) is 2. The van der Waals surface area contributed by atoms with E-state index in [4.69, 9.17) is 4.74 Å². The highest BCUT2D eigenvalue weighted by atomic mass is 32.1. The molecule has 1 aliphatic carbocycles. The molecule has 2 aromatic carbocycles. The molecule has 2 aromatic heterocycles. The molecular formula is C28H32N4O3S. The molecule has 0 unspecified atom stereocenters. The minimum atomic E-state index is -0.319. The van der Waals surface area contributed by atoms with Gasteiger partial charge in [0, 0.05) is 43.6 Å². The Balaban J connectivity index is 0.00000304. The minimum Gasteiger partial charge on any atom is -0.457 e. The van der Waals surface area contributed by atoms with Crippen molar-refractivity contribution in [2.75, 3.05) is 19.4 Å². The third-order valence-corrected chi connectivity index (χ3v) is 7.15. The molecule has 2 atom stereocenters. The second-order valence-electron chi connectivity index (χ2n) is 9.01. The minimum absolute atomic E-state index is 0. The predicted molar refractivity (Wildman–Crippen MR) is 146 cm³/mol. The molecule has 1 aliphatic rings. The summed E-state index contributed by atoms with van der Waals surface area (Å²) in [7, 11) is 3.47. The molecule has 8 heteroatoms. The van der Waals surface area contributed by atoms with Gasteiger partial charge in [0.2, 0.25) is 0 Å². The fourth-order valence-corrected chi connectivity index (χ4v) is 5.23. The van der Waals surface area contributed by atoms with Gasteiger partial charge >= 0.3 is 0 Å². The van der Waals surface area contributed by atoms with Gasteiger partial charge in [-0.3, -0.25) is 9.78 Å². The number of carbonyl (C=O) groups excluding carboxylic acids is 1. The topological polar surface area (TPSA) is 87.6 Å². The van der Waals surface area contributed by atoms with Gasteiger partial charge < -0.3 is 20.1 Å².